The van der Waals surface area contributed by atoms with Gasteiger partial charge in [-0.25, -0.2) is 4.79 Å². The van der Waals surface area contributed by atoms with E-state index in [4.69, 9.17) is 0 Å². The minimum absolute atomic E-state index is 0.0181. The highest BCUT2D eigenvalue weighted by atomic mass is 16.4. The summed E-state index contributed by atoms with van der Waals surface area (Å²) in [7, 11) is 0. The highest BCUT2D eigenvalue weighted by Gasteiger charge is 2.20. The van der Waals surface area contributed by atoms with Crippen LogP contribution in [-0.4, -0.2) is 28.4 Å². The summed E-state index contributed by atoms with van der Waals surface area (Å²) in [4.78, 5) is 25.7. The van der Waals surface area contributed by atoms with Crippen LogP contribution in [0.3, 0.4) is 0 Å². The molecular formula is C19H19NO3. The third kappa shape index (κ3) is 3.42. The number of carbonyl (C=O) groups excluding carboxylic acids is 1. The molecule has 0 aromatic heterocycles. The molecule has 0 saturated heterocycles. The van der Waals surface area contributed by atoms with Crippen molar-refractivity contribution in [2.45, 2.75) is 25.8 Å². The maximum atomic E-state index is 12.6. The van der Waals surface area contributed by atoms with Gasteiger partial charge in [0.15, 0.2) is 0 Å². The molecule has 0 radical (unpaired) electrons. The number of carboxylic acids is 1. The zero-order valence-electron chi connectivity index (χ0n) is 12.9. The molecule has 2 aromatic rings. The largest absolute Gasteiger partial charge is 0.478 e. The summed E-state index contributed by atoms with van der Waals surface area (Å²) in [5.41, 5.74) is 3.26. The maximum absolute atomic E-state index is 12.6. The Hall–Kier alpha value is -2.62. The lowest BCUT2D eigenvalue weighted by Crippen LogP contribution is -2.32. The van der Waals surface area contributed by atoms with Crippen LogP contribution in [0.4, 0.5) is 0 Å². The number of nitrogens with zero attached hydrogens (tertiary/aromatic N) is 1. The second-order valence-corrected chi connectivity index (χ2v) is 5.83. The van der Waals surface area contributed by atoms with Crippen LogP contribution in [0.25, 0.3) is 0 Å². The molecule has 0 fully saturated rings. The molecule has 1 heterocycles. The van der Waals surface area contributed by atoms with E-state index in [2.05, 4.69) is 12.1 Å². The monoisotopic (exact) mass is 309 g/mol. The maximum Gasteiger partial charge on any atom is 0.335 e. The average Bonchev–Trinajstić information content (AvgIpc) is 2.77. The lowest BCUT2D eigenvalue weighted by Gasteiger charge is -2.21. The first-order valence-corrected chi connectivity index (χ1v) is 7.81. The Morgan fingerprint density at radius 2 is 1.70 bits per heavy atom. The third-order valence-electron chi connectivity index (χ3n) is 4.30. The minimum Gasteiger partial charge on any atom is -0.478 e. The van der Waals surface area contributed by atoms with Crippen LogP contribution >= 0.6 is 0 Å². The standard InChI is InChI=1S/C19H19NO3/c21-18(12-15-7-3-4-10-17(15)19(22)23)20-11-5-9-14-6-1-2-8-16(14)13-20/h1-4,6-8,10H,5,9,11-13H2,(H,22,23). The fraction of sp³-hybridized carbons (Fsp3) is 0.263. The Bertz CT molecular complexity index is 739. The molecule has 1 amide bonds. The zero-order chi connectivity index (χ0) is 16.2. The van der Waals surface area contributed by atoms with E-state index in [1.54, 1.807) is 24.3 Å². The van der Waals surface area contributed by atoms with Gasteiger partial charge in [0, 0.05) is 13.1 Å². The number of carboxylic acid groups (broad SMARTS) is 1. The SMILES string of the molecule is O=C(O)c1ccccc1CC(=O)N1CCCc2ccccc2C1. The Labute approximate surface area is 135 Å². The molecule has 0 saturated carbocycles. The molecule has 0 aliphatic carbocycles. The first-order valence-electron chi connectivity index (χ1n) is 7.81. The molecule has 118 valence electrons. The first kappa shape index (κ1) is 15.3. The molecule has 23 heavy (non-hydrogen) atoms. The van der Waals surface area contributed by atoms with E-state index >= 15 is 0 Å². The van der Waals surface area contributed by atoms with Crippen molar-refractivity contribution < 1.29 is 14.7 Å². The van der Waals surface area contributed by atoms with Gasteiger partial charge < -0.3 is 10.0 Å². The minimum atomic E-state index is -0.991. The van der Waals surface area contributed by atoms with E-state index in [0.717, 1.165) is 12.8 Å². The highest BCUT2D eigenvalue weighted by molar-refractivity contribution is 5.91. The first-order chi connectivity index (χ1) is 11.1. The number of aryl methyl sites for hydroxylation is 1. The smallest absolute Gasteiger partial charge is 0.335 e. The van der Waals surface area contributed by atoms with Gasteiger partial charge in [0.1, 0.15) is 0 Å². The summed E-state index contributed by atoms with van der Waals surface area (Å²) in [6.07, 6.45) is 2.04. The van der Waals surface area contributed by atoms with E-state index in [1.807, 2.05) is 17.0 Å². The van der Waals surface area contributed by atoms with Crippen molar-refractivity contribution in [1.82, 2.24) is 4.90 Å². The quantitative estimate of drug-likeness (QED) is 0.948. The zero-order valence-corrected chi connectivity index (χ0v) is 12.9. The summed E-state index contributed by atoms with van der Waals surface area (Å²) in [5.74, 6) is -1.01. The lowest BCUT2D eigenvalue weighted by molar-refractivity contribution is -0.131. The molecule has 0 spiro atoms. The van der Waals surface area contributed by atoms with Crippen LogP contribution in [0, 0.1) is 0 Å². The predicted molar refractivity (Wildman–Crippen MR) is 87.3 cm³/mol. The van der Waals surface area contributed by atoms with E-state index in [9.17, 15) is 14.7 Å². The number of fused-ring (bicyclic) bond motifs is 1. The van der Waals surface area contributed by atoms with Crippen molar-refractivity contribution in [3.05, 3.63) is 70.8 Å². The molecular weight excluding hydrogens is 290 g/mol. The number of benzene rings is 2. The van der Waals surface area contributed by atoms with Gasteiger partial charge in [0.05, 0.1) is 12.0 Å². The van der Waals surface area contributed by atoms with Crippen LogP contribution in [0.1, 0.15) is 33.5 Å². The van der Waals surface area contributed by atoms with Gasteiger partial charge in [-0.1, -0.05) is 42.5 Å². The number of hydrogen-bond donors (Lipinski definition) is 1. The van der Waals surface area contributed by atoms with Gasteiger partial charge in [-0.2, -0.15) is 0 Å². The molecule has 3 rings (SSSR count). The topological polar surface area (TPSA) is 57.6 Å². The summed E-state index contributed by atoms with van der Waals surface area (Å²) in [6, 6.07) is 14.9. The second-order valence-electron chi connectivity index (χ2n) is 5.83. The van der Waals surface area contributed by atoms with E-state index in [0.29, 0.717) is 18.7 Å². The van der Waals surface area contributed by atoms with Crippen LogP contribution in [0.2, 0.25) is 0 Å². The van der Waals surface area contributed by atoms with Crippen molar-refractivity contribution >= 4 is 11.9 Å². The van der Waals surface area contributed by atoms with Crippen molar-refractivity contribution in [2.75, 3.05) is 6.54 Å². The number of aromatic carboxylic acids is 1. The Morgan fingerprint density at radius 3 is 2.48 bits per heavy atom. The van der Waals surface area contributed by atoms with Gasteiger partial charge >= 0.3 is 5.97 Å². The Kier molecular flexibility index (Phi) is 4.42. The number of amides is 1. The molecule has 0 unspecified atom stereocenters. The third-order valence-corrected chi connectivity index (χ3v) is 4.30. The molecule has 1 N–H and O–H groups in total. The number of rotatable bonds is 3. The van der Waals surface area contributed by atoms with Crippen LogP contribution < -0.4 is 0 Å². The van der Waals surface area contributed by atoms with Crippen molar-refractivity contribution in [3.63, 3.8) is 0 Å². The Morgan fingerprint density at radius 1 is 1.00 bits per heavy atom. The van der Waals surface area contributed by atoms with Gasteiger partial charge in [-0.3, -0.25) is 4.79 Å². The predicted octanol–water partition coefficient (Wildman–Crippen LogP) is 2.90. The van der Waals surface area contributed by atoms with Crippen LogP contribution in [-0.2, 0) is 24.2 Å². The normalized spacial score (nSPS) is 14.0. The molecule has 4 nitrogen and oxygen atoms in total. The van der Waals surface area contributed by atoms with Crippen molar-refractivity contribution in [1.29, 1.82) is 0 Å². The lowest BCUT2D eigenvalue weighted by atomic mass is 10.0. The van der Waals surface area contributed by atoms with Gasteiger partial charge in [-0.15, -0.1) is 0 Å². The molecule has 4 heteroatoms. The molecule has 0 atom stereocenters. The molecule has 2 aromatic carbocycles. The summed E-state index contributed by atoms with van der Waals surface area (Å²) >= 11 is 0. The summed E-state index contributed by atoms with van der Waals surface area (Å²) < 4.78 is 0. The van der Waals surface area contributed by atoms with Gasteiger partial charge in [-0.05, 0) is 35.6 Å². The molecule has 1 aliphatic heterocycles. The van der Waals surface area contributed by atoms with Gasteiger partial charge in [0.2, 0.25) is 5.91 Å². The number of carbonyl (C=O) groups is 2. The van der Waals surface area contributed by atoms with Gasteiger partial charge in [0.25, 0.3) is 0 Å². The summed E-state index contributed by atoms with van der Waals surface area (Å²) in [6.45, 7) is 1.31. The Balaban J connectivity index is 1.78. The fourth-order valence-corrected chi connectivity index (χ4v) is 3.07. The van der Waals surface area contributed by atoms with Crippen molar-refractivity contribution in [2.24, 2.45) is 0 Å². The van der Waals surface area contributed by atoms with Crippen LogP contribution in [0.15, 0.2) is 48.5 Å². The summed E-state index contributed by atoms with van der Waals surface area (Å²) in [5, 5.41) is 9.24. The second kappa shape index (κ2) is 6.65. The average molecular weight is 309 g/mol. The molecule has 0 bridgehead atoms. The van der Waals surface area contributed by atoms with Crippen LogP contribution in [0.5, 0.6) is 0 Å². The van der Waals surface area contributed by atoms with E-state index in [-0.39, 0.29) is 17.9 Å². The highest BCUT2D eigenvalue weighted by Crippen LogP contribution is 2.20. The van der Waals surface area contributed by atoms with E-state index in [1.165, 1.54) is 11.1 Å². The molecule has 1 aliphatic rings. The van der Waals surface area contributed by atoms with E-state index < -0.39 is 5.97 Å². The fourth-order valence-electron chi connectivity index (χ4n) is 3.07. The number of hydrogen-bond acceptors (Lipinski definition) is 2. The van der Waals surface area contributed by atoms with Crippen molar-refractivity contribution in [3.8, 4) is 0 Å².